The Morgan fingerprint density at radius 1 is 1.44 bits per heavy atom. The molecule has 18 heavy (non-hydrogen) atoms. The molecule has 1 aromatic carbocycles. The smallest absolute Gasteiger partial charge is 0.279 e. The molecule has 2 N–H and O–H groups in total. The van der Waals surface area contributed by atoms with Gasteiger partial charge in [-0.2, -0.15) is 8.42 Å². The molecule has 8 heteroatoms. The fourth-order valence-corrected chi connectivity index (χ4v) is 3.03. The molecule has 0 saturated carbocycles. The van der Waals surface area contributed by atoms with E-state index in [0.29, 0.717) is 21.0 Å². The molecule has 0 radical (unpaired) electrons. The predicted octanol–water partition coefficient (Wildman–Crippen LogP) is 2.93. The number of imidazole rings is 1. The number of sulfonamides is 1. The number of anilines is 1. The summed E-state index contributed by atoms with van der Waals surface area (Å²) in [6.07, 6.45) is 1.26. The van der Waals surface area contributed by atoms with Crippen LogP contribution in [0, 0.1) is 6.92 Å². The van der Waals surface area contributed by atoms with Crippen molar-refractivity contribution in [1.29, 1.82) is 0 Å². The zero-order valence-corrected chi connectivity index (χ0v) is 12.4. The molecule has 0 bridgehead atoms. The third-order valence-electron chi connectivity index (χ3n) is 2.16. The first-order valence-electron chi connectivity index (χ1n) is 4.88. The SMILES string of the molecule is Cc1ncc(S(=O)(=O)Nc2cccc(Cl)c2Br)[nH]1. The number of aromatic nitrogens is 2. The first-order chi connectivity index (χ1) is 8.40. The van der Waals surface area contributed by atoms with E-state index < -0.39 is 10.0 Å². The minimum atomic E-state index is -3.69. The van der Waals surface area contributed by atoms with Crippen LogP contribution in [0.25, 0.3) is 0 Å². The van der Waals surface area contributed by atoms with Gasteiger partial charge in [0.2, 0.25) is 0 Å². The molecular formula is C10H9BrClN3O2S. The van der Waals surface area contributed by atoms with Crippen molar-refractivity contribution in [3.05, 3.63) is 39.7 Å². The zero-order chi connectivity index (χ0) is 13.3. The Balaban J connectivity index is 2.37. The van der Waals surface area contributed by atoms with Gasteiger partial charge in [0.05, 0.1) is 21.4 Å². The van der Waals surface area contributed by atoms with E-state index in [4.69, 9.17) is 11.6 Å². The second kappa shape index (κ2) is 4.91. The van der Waals surface area contributed by atoms with Crippen LogP contribution in [0.5, 0.6) is 0 Å². The first-order valence-corrected chi connectivity index (χ1v) is 7.54. The number of nitrogens with zero attached hydrogens (tertiary/aromatic N) is 1. The highest BCUT2D eigenvalue weighted by Crippen LogP contribution is 2.31. The van der Waals surface area contributed by atoms with E-state index in [9.17, 15) is 8.42 Å². The molecule has 0 atom stereocenters. The Morgan fingerprint density at radius 2 is 2.17 bits per heavy atom. The van der Waals surface area contributed by atoms with Crippen LogP contribution in [-0.2, 0) is 10.0 Å². The summed E-state index contributed by atoms with van der Waals surface area (Å²) < 4.78 is 27.0. The van der Waals surface area contributed by atoms with Gasteiger partial charge in [-0.3, -0.25) is 4.72 Å². The fraction of sp³-hybridized carbons (Fsp3) is 0.100. The maximum Gasteiger partial charge on any atom is 0.279 e. The van der Waals surface area contributed by atoms with E-state index in [1.807, 2.05) is 0 Å². The summed E-state index contributed by atoms with van der Waals surface area (Å²) >= 11 is 9.12. The molecule has 2 aromatic rings. The number of benzene rings is 1. The van der Waals surface area contributed by atoms with Crippen LogP contribution in [0.15, 0.2) is 33.9 Å². The van der Waals surface area contributed by atoms with E-state index in [2.05, 4.69) is 30.6 Å². The van der Waals surface area contributed by atoms with Gasteiger partial charge in [0.1, 0.15) is 5.82 Å². The lowest BCUT2D eigenvalue weighted by molar-refractivity contribution is 0.598. The Labute approximate surface area is 118 Å². The number of H-pyrrole nitrogens is 1. The van der Waals surface area contributed by atoms with Crippen molar-refractivity contribution in [1.82, 2.24) is 9.97 Å². The topological polar surface area (TPSA) is 74.8 Å². The zero-order valence-electron chi connectivity index (χ0n) is 9.24. The predicted molar refractivity (Wildman–Crippen MR) is 73.3 cm³/mol. The number of hydrogen-bond donors (Lipinski definition) is 2. The molecule has 0 amide bonds. The van der Waals surface area contributed by atoms with Crippen molar-refractivity contribution < 1.29 is 8.42 Å². The molecule has 0 aliphatic carbocycles. The number of rotatable bonds is 3. The van der Waals surface area contributed by atoms with Crippen molar-refractivity contribution in [2.75, 3.05) is 4.72 Å². The molecular weight excluding hydrogens is 342 g/mol. The van der Waals surface area contributed by atoms with Crippen LogP contribution in [0.1, 0.15) is 5.82 Å². The van der Waals surface area contributed by atoms with Gasteiger partial charge in [0.25, 0.3) is 10.0 Å². The maximum absolute atomic E-state index is 12.0. The molecule has 96 valence electrons. The van der Waals surface area contributed by atoms with E-state index in [0.717, 1.165) is 0 Å². The molecule has 0 unspecified atom stereocenters. The van der Waals surface area contributed by atoms with Crippen LogP contribution in [0.2, 0.25) is 5.02 Å². The van der Waals surface area contributed by atoms with Crippen LogP contribution in [-0.4, -0.2) is 18.4 Å². The molecule has 1 aromatic heterocycles. The highest BCUT2D eigenvalue weighted by atomic mass is 79.9. The van der Waals surface area contributed by atoms with E-state index >= 15 is 0 Å². The Hall–Kier alpha value is -1.05. The van der Waals surface area contributed by atoms with E-state index in [-0.39, 0.29) is 5.03 Å². The summed E-state index contributed by atoms with van der Waals surface area (Å²) in [7, 11) is -3.69. The highest BCUT2D eigenvalue weighted by Gasteiger charge is 2.18. The summed E-state index contributed by atoms with van der Waals surface area (Å²) in [6.45, 7) is 1.67. The minimum Gasteiger partial charge on any atom is -0.332 e. The lowest BCUT2D eigenvalue weighted by Crippen LogP contribution is -2.13. The average Bonchev–Trinajstić information content (AvgIpc) is 2.72. The highest BCUT2D eigenvalue weighted by molar-refractivity contribution is 9.10. The third-order valence-corrected chi connectivity index (χ3v) is 4.84. The molecule has 2 rings (SSSR count). The third kappa shape index (κ3) is 2.68. The molecule has 0 spiro atoms. The quantitative estimate of drug-likeness (QED) is 0.893. The second-order valence-electron chi connectivity index (χ2n) is 3.54. The van der Waals surface area contributed by atoms with Gasteiger partial charge < -0.3 is 4.98 Å². The largest absolute Gasteiger partial charge is 0.332 e. The normalized spacial score (nSPS) is 11.5. The van der Waals surface area contributed by atoms with Crippen molar-refractivity contribution in [2.45, 2.75) is 11.9 Å². The molecule has 0 fully saturated rings. The monoisotopic (exact) mass is 349 g/mol. The van der Waals surface area contributed by atoms with Gasteiger partial charge in [-0.15, -0.1) is 0 Å². The summed E-state index contributed by atoms with van der Waals surface area (Å²) in [5, 5.41) is 0.433. The summed E-state index contributed by atoms with van der Waals surface area (Å²) in [6, 6.07) is 4.92. The number of halogens is 2. The van der Waals surface area contributed by atoms with Gasteiger partial charge in [-0.1, -0.05) is 17.7 Å². The Morgan fingerprint density at radius 3 is 2.78 bits per heavy atom. The summed E-state index contributed by atoms with van der Waals surface area (Å²) in [5.41, 5.74) is 0.370. The van der Waals surface area contributed by atoms with Crippen LogP contribution in [0.3, 0.4) is 0 Å². The van der Waals surface area contributed by atoms with Crippen molar-refractivity contribution in [3.8, 4) is 0 Å². The van der Waals surface area contributed by atoms with Crippen LogP contribution in [0.4, 0.5) is 5.69 Å². The van der Waals surface area contributed by atoms with Gasteiger partial charge in [0.15, 0.2) is 5.03 Å². The number of aryl methyl sites for hydroxylation is 1. The summed E-state index contributed by atoms with van der Waals surface area (Å²) in [5.74, 6) is 0.528. The Kier molecular flexibility index (Phi) is 3.65. The molecule has 1 heterocycles. The van der Waals surface area contributed by atoms with Crippen molar-refractivity contribution in [2.24, 2.45) is 0 Å². The first kappa shape index (κ1) is 13.4. The molecule has 0 saturated heterocycles. The minimum absolute atomic E-state index is 0.00637. The van der Waals surface area contributed by atoms with Crippen LogP contribution >= 0.6 is 27.5 Å². The lowest BCUT2D eigenvalue weighted by atomic mass is 10.3. The molecule has 0 aliphatic heterocycles. The fourth-order valence-electron chi connectivity index (χ4n) is 1.32. The average molecular weight is 351 g/mol. The molecule has 0 aliphatic rings. The maximum atomic E-state index is 12.0. The van der Waals surface area contributed by atoms with Gasteiger partial charge >= 0.3 is 0 Å². The number of hydrogen-bond acceptors (Lipinski definition) is 3. The Bertz CT molecular complexity index is 684. The lowest BCUT2D eigenvalue weighted by Gasteiger charge is -2.08. The van der Waals surface area contributed by atoms with Crippen LogP contribution < -0.4 is 4.72 Å². The molecule has 5 nitrogen and oxygen atoms in total. The summed E-state index contributed by atoms with van der Waals surface area (Å²) in [4.78, 5) is 6.51. The van der Waals surface area contributed by atoms with Gasteiger partial charge in [-0.05, 0) is 35.0 Å². The van der Waals surface area contributed by atoms with Gasteiger partial charge in [-0.25, -0.2) is 4.98 Å². The number of aromatic amines is 1. The van der Waals surface area contributed by atoms with E-state index in [1.165, 1.54) is 6.20 Å². The standard InChI is InChI=1S/C10H9BrClN3O2S/c1-6-13-5-9(14-6)18(16,17)15-8-4-2-3-7(12)10(8)11/h2-5,15H,1H3,(H,13,14). The number of nitrogens with one attached hydrogen (secondary N) is 2. The second-order valence-corrected chi connectivity index (χ2v) is 6.39. The van der Waals surface area contributed by atoms with Gasteiger partial charge in [0, 0.05) is 0 Å². The van der Waals surface area contributed by atoms with Crippen molar-refractivity contribution >= 4 is 43.2 Å². The van der Waals surface area contributed by atoms with Crippen molar-refractivity contribution in [3.63, 3.8) is 0 Å². The van der Waals surface area contributed by atoms with E-state index in [1.54, 1.807) is 25.1 Å².